The molecule has 0 bridgehead atoms. The number of methoxy groups -OCH3 is 1. The Kier molecular flexibility index (Phi) is 6.89. The number of ether oxygens (including phenoxy) is 1. The Labute approximate surface area is 162 Å². The number of hydrogen-bond acceptors (Lipinski definition) is 3. The maximum absolute atomic E-state index is 12.2. The number of aryl methyl sites for hydroxylation is 1. The highest BCUT2D eigenvalue weighted by atomic mass is 35.5. The van der Waals surface area contributed by atoms with Gasteiger partial charge in [0.25, 0.3) is 0 Å². The summed E-state index contributed by atoms with van der Waals surface area (Å²) < 4.78 is 5.08. The molecule has 0 heterocycles. The van der Waals surface area contributed by atoms with Crippen LogP contribution in [0.3, 0.4) is 0 Å². The van der Waals surface area contributed by atoms with E-state index in [1.807, 2.05) is 19.1 Å². The van der Waals surface area contributed by atoms with Crippen molar-refractivity contribution in [3.63, 3.8) is 0 Å². The lowest BCUT2D eigenvalue weighted by Gasteiger charge is -2.21. The zero-order valence-electron chi connectivity index (χ0n) is 14.8. The van der Waals surface area contributed by atoms with Gasteiger partial charge in [0.15, 0.2) is 0 Å². The Morgan fingerprint density at radius 2 is 1.85 bits per heavy atom. The second-order valence-electron chi connectivity index (χ2n) is 5.75. The van der Waals surface area contributed by atoms with E-state index in [1.54, 1.807) is 24.3 Å². The fourth-order valence-corrected chi connectivity index (χ4v) is 2.83. The van der Waals surface area contributed by atoms with Crippen LogP contribution in [0.2, 0.25) is 10.0 Å². The van der Waals surface area contributed by atoms with Crippen molar-refractivity contribution in [3.05, 3.63) is 52.0 Å². The quantitative estimate of drug-likeness (QED) is 0.772. The van der Waals surface area contributed by atoms with Gasteiger partial charge in [-0.25, -0.2) is 0 Å². The van der Waals surface area contributed by atoms with Gasteiger partial charge < -0.3 is 15.0 Å². The molecule has 0 saturated heterocycles. The van der Waals surface area contributed by atoms with Crippen LogP contribution in [0.5, 0.6) is 5.75 Å². The molecule has 2 amide bonds. The largest absolute Gasteiger partial charge is 0.495 e. The summed E-state index contributed by atoms with van der Waals surface area (Å²) in [6.45, 7) is 3.58. The summed E-state index contributed by atoms with van der Waals surface area (Å²) in [6.07, 6.45) is 0.134. The van der Waals surface area contributed by atoms with E-state index in [0.29, 0.717) is 27.2 Å². The van der Waals surface area contributed by atoms with Crippen molar-refractivity contribution in [1.82, 2.24) is 0 Å². The summed E-state index contributed by atoms with van der Waals surface area (Å²) in [4.78, 5) is 25.7. The van der Waals surface area contributed by atoms with Crippen LogP contribution in [0.25, 0.3) is 0 Å². The van der Waals surface area contributed by atoms with E-state index in [0.717, 1.165) is 5.56 Å². The van der Waals surface area contributed by atoms with Crippen molar-refractivity contribution in [2.24, 2.45) is 0 Å². The molecule has 2 aromatic carbocycles. The van der Waals surface area contributed by atoms with Gasteiger partial charge in [0.1, 0.15) is 5.75 Å². The number of amides is 2. The molecule has 0 atom stereocenters. The van der Waals surface area contributed by atoms with Gasteiger partial charge in [-0.1, -0.05) is 29.3 Å². The molecule has 2 aromatic rings. The first-order chi connectivity index (χ1) is 12.3. The smallest absolute Gasteiger partial charge is 0.226 e. The first-order valence-corrected chi connectivity index (χ1v) is 8.75. The minimum atomic E-state index is -0.226. The number of carbonyl (C=O) groups excluding carboxylic acids is 2. The first kappa shape index (κ1) is 20.1. The second-order valence-corrected chi connectivity index (χ2v) is 6.57. The Morgan fingerprint density at radius 1 is 1.12 bits per heavy atom. The zero-order chi connectivity index (χ0) is 19.3. The number of nitrogens with one attached hydrogen (secondary N) is 1. The summed E-state index contributed by atoms with van der Waals surface area (Å²) in [5.74, 6) is 0.143. The van der Waals surface area contributed by atoms with Crippen molar-refractivity contribution in [2.75, 3.05) is 23.9 Å². The lowest BCUT2D eigenvalue weighted by Crippen LogP contribution is -2.32. The summed E-state index contributed by atoms with van der Waals surface area (Å²) in [6, 6.07) is 10.4. The van der Waals surface area contributed by atoms with Gasteiger partial charge >= 0.3 is 0 Å². The molecular formula is C19H20Cl2N2O3. The number of hydrogen-bond donors (Lipinski definition) is 1. The van der Waals surface area contributed by atoms with Crippen LogP contribution in [0.15, 0.2) is 36.4 Å². The molecule has 0 spiro atoms. The highest BCUT2D eigenvalue weighted by Crippen LogP contribution is 2.27. The van der Waals surface area contributed by atoms with Crippen molar-refractivity contribution in [3.8, 4) is 5.75 Å². The van der Waals surface area contributed by atoms with Crippen LogP contribution < -0.4 is 15.0 Å². The third kappa shape index (κ3) is 5.13. The van der Waals surface area contributed by atoms with Gasteiger partial charge in [-0.15, -0.1) is 0 Å². The van der Waals surface area contributed by atoms with Crippen LogP contribution in [0.1, 0.15) is 18.9 Å². The maximum Gasteiger partial charge on any atom is 0.226 e. The topological polar surface area (TPSA) is 58.6 Å². The summed E-state index contributed by atoms with van der Waals surface area (Å²) in [7, 11) is 1.52. The molecule has 0 aliphatic heterocycles. The summed E-state index contributed by atoms with van der Waals surface area (Å²) in [5, 5.41) is 3.74. The van der Waals surface area contributed by atoms with Crippen molar-refractivity contribution in [1.29, 1.82) is 0 Å². The third-order valence-corrected chi connectivity index (χ3v) is 4.55. The van der Waals surface area contributed by atoms with Crippen molar-refractivity contribution < 1.29 is 14.3 Å². The van der Waals surface area contributed by atoms with Crippen LogP contribution >= 0.6 is 23.2 Å². The van der Waals surface area contributed by atoms with E-state index in [4.69, 9.17) is 27.9 Å². The number of benzene rings is 2. The number of halogens is 2. The monoisotopic (exact) mass is 394 g/mol. The van der Waals surface area contributed by atoms with Gasteiger partial charge in [-0.05, 0) is 42.8 Å². The molecule has 0 radical (unpaired) electrons. The molecule has 5 nitrogen and oxygen atoms in total. The minimum absolute atomic E-state index is 0.134. The van der Waals surface area contributed by atoms with Gasteiger partial charge in [0.05, 0.1) is 12.1 Å². The first-order valence-electron chi connectivity index (χ1n) is 7.99. The van der Waals surface area contributed by atoms with Crippen LogP contribution in [0, 0.1) is 6.92 Å². The normalized spacial score (nSPS) is 10.3. The van der Waals surface area contributed by atoms with E-state index >= 15 is 0 Å². The van der Waals surface area contributed by atoms with E-state index in [1.165, 1.54) is 18.9 Å². The number of anilines is 2. The molecule has 2 rings (SSSR count). The highest BCUT2D eigenvalue weighted by Gasteiger charge is 2.15. The number of rotatable bonds is 6. The lowest BCUT2D eigenvalue weighted by molar-refractivity contribution is -0.117. The molecule has 138 valence electrons. The van der Waals surface area contributed by atoms with E-state index in [9.17, 15) is 9.59 Å². The molecule has 0 saturated carbocycles. The highest BCUT2D eigenvalue weighted by molar-refractivity contribution is 6.32. The molecule has 0 aliphatic rings. The molecule has 26 heavy (non-hydrogen) atoms. The zero-order valence-corrected chi connectivity index (χ0v) is 16.3. The molecule has 1 N–H and O–H groups in total. The third-order valence-electron chi connectivity index (χ3n) is 3.85. The molecule has 7 heteroatoms. The SMILES string of the molecule is COc1ccc(NC(=O)CCN(C(C)=O)c2ccc(C)c(Cl)c2)cc1Cl. The van der Waals surface area contributed by atoms with E-state index < -0.39 is 0 Å². The average molecular weight is 395 g/mol. The molecule has 0 fully saturated rings. The lowest BCUT2D eigenvalue weighted by atomic mass is 10.2. The van der Waals surface area contributed by atoms with Crippen molar-refractivity contribution in [2.45, 2.75) is 20.3 Å². The Hall–Kier alpha value is -2.24. The van der Waals surface area contributed by atoms with Crippen LogP contribution in [-0.2, 0) is 9.59 Å². The van der Waals surface area contributed by atoms with Gasteiger partial charge in [-0.2, -0.15) is 0 Å². The van der Waals surface area contributed by atoms with Gasteiger partial charge in [-0.3, -0.25) is 9.59 Å². The Morgan fingerprint density at radius 3 is 2.42 bits per heavy atom. The van der Waals surface area contributed by atoms with Crippen LogP contribution in [0.4, 0.5) is 11.4 Å². The van der Waals surface area contributed by atoms with Gasteiger partial charge in [0.2, 0.25) is 11.8 Å². The van der Waals surface area contributed by atoms with Gasteiger partial charge in [0, 0.05) is 36.3 Å². The molecule has 0 aliphatic carbocycles. The molecule has 0 aromatic heterocycles. The Balaban J connectivity index is 2.02. The predicted octanol–water partition coefficient (Wildman–Crippen LogP) is 4.69. The maximum atomic E-state index is 12.2. The number of carbonyl (C=O) groups is 2. The molecule has 0 unspecified atom stereocenters. The fraction of sp³-hybridized carbons (Fsp3) is 0.263. The molecular weight excluding hydrogens is 375 g/mol. The minimum Gasteiger partial charge on any atom is -0.495 e. The Bertz CT molecular complexity index is 824. The predicted molar refractivity (Wildman–Crippen MR) is 105 cm³/mol. The van der Waals surface area contributed by atoms with E-state index in [2.05, 4.69) is 5.32 Å². The fourth-order valence-electron chi connectivity index (χ4n) is 2.40. The summed E-state index contributed by atoms with van der Waals surface area (Å²) >= 11 is 12.2. The number of nitrogens with zero attached hydrogens (tertiary/aromatic N) is 1. The standard InChI is InChI=1S/C19H20Cl2N2O3/c1-12-4-6-15(11-16(12)20)23(13(2)24)9-8-19(25)22-14-5-7-18(26-3)17(21)10-14/h4-7,10-11H,8-9H2,1-3H3,(H,22,25). The van der Waals surface area contributed by atoms with Crippen LogP contribution in [-0.4, -0.2) is 25.5 Å². The second kappa shape index (κ2) is 8.92. The average Bonchev–Trinajstić information content (AvgIpc) is 2.58. The summed E-state index contributed by atoms with van der Waals surface area (Å²) in [5.41, 5.74) is 2.15. The van der Waals surface area contributed by atoms with E-state index in [-0.39, 0.29) is 24.8 Å². The van der Waals surface area contributed by atoms with Crippen molar-refractivity contribution >= 4 is 46.4 Å².